The minimum absolute atomic E-state index is 0.324. The maximum absolute atomic E-state index is 11.6. The molecular formula is C11H18N2O. The Labute approximate surface area is 84.6 Å². The van der Waals surface area contributed by atoms with Crippen LogP contribution in [0, 0.1) is 11.3 Å². The number of hydrogen-bond acceptors (Lipinski definition) is 2. The lowest BCUT2D eigenvalue weighted by molar-refractivity contribution is -0.122. The van der Waals surface area contributed by atoms with Gasteiger partial charge in [-0.2, -0.15) is 0 Å². The average Bonchev–Trinajstić information content (AvgIpc) is 3.06. The minimum Gasteiger partial charge on any atom is -0.353 e. The largest absolute Gasteiger partial charge is 0.353 e. The lowest BCUT2D eigenvalue weighted by Gasteiger charge is -2.23. The SMILES string of the molecule is O=C(NC1CC12CCNCC2)C1CC1. The summed E-state index contributed by atoms with van der Waals surface area (Å²) < 4.78 is 0. The molecule has 0 bridgehead atoms. The molecule has 0 aromatic carbocycles. The third kappa shape index (κ3) is 1.44. The molecule has 3 aliphatic rings. The van der Waals surface area contributed by atoms with Gasteiger partial charge < -0.3 is 10.6 Å². The van der Waals surface area contributed by atoms with Crippen molar-refractivity contribution in [3.05, 3.63) is 0 Å². The molecule has 3 nitrogen and oxygen atoms in total. The number of nitrogens with one attached hydrogen (secondary N) is 2. The Bertz CT molecular complexity index is 254. The van der Waals surface area contributed by atoms with E-state index in [4.69, 9.17) is 0 Å². The summed E-state index contributed by atoms with van der Waals surface area (Å²) in [4.78, 5) is 11.6. The molecule has 14 heavy (non-hydrogen) atoms. The van der Waals surface area contributed by atoms with Crippen molar-refractivity contribution in [1.29, 1.82) is 0 Å². The molecule has 1 heterocycles. The molecule has 3 fully saturated rings. The lowest BCUT2D eigenvalue weighted by Crippen LogP contribution is -2.36. The summed E-state index contributed by atoms with van der Waals surface area (Å²) in [6, 6.07) is 0.512. The zero-order valence-electron chi connectivity index (χ0n) is 8.51. The lowest BCUT2D eigenvalue weighted by atomic mass is 9.94. The van der Waals surface area contributed by atoms with Crippen LogP contribution >= 0.6 is 0 Å². The molecule has 3 rings (SSSR count). The number of rotatable bonds is 2. The molecule has 1 unspecified atom stereocenters. The van der Waals surface area contributed by atoms with Crippen molar-refractivity contribution in [2.45, 2.75) is 38.1 Å². The van der Waals surface area contributed by atoms with Gasteiger partial charge in [-0.25, -0.2) is 0 Å². The van der Waals surface area contributed by atoms with Crippen LogP contribution in [-0.2, 0) is 4.79 Å². The van der Waals surface area contributed by atoms with E-state index in [0.29, 0.717) is 23.3 Å². The molecule has 1 aliphatic heterocycles. The Morgan fingerprint density at radius 1 is 1.29 bits per heavy atom. The van der Waals surface area contributed by atoms with Crippen molar-refractivity contribution in [3.63, 3.8) is 0 Å². The first-order valence-corrected chi connectivity index (χ1v) is 5.81. The average molecular weight is 194 g/mol. The van der Waals surface area contributed by atoms with Gasteiger partial charge in [0.05, 0.1) is 0 Å². The highest BCUT2D eigenvalue weighted by molar-refractivity contribution is 5.81. The molecule has 0 radical (unpaired) electrons. The molecule has 78 valence electrons. The van der Waals surface area contributed by atoms with Gasteiger partial charge in [-0.1, -0.05) is 0 Å². The summed E-state index contributed by atoms with van der Waals surface area (Å²) in [6.07, 6.45) is 5.97. The van der Waals surface area contributed by atoms with Gasteiger partial charge in [-0.15, -0.1) is 0 Å². The van der Waals surface area contributed by atoms with E-state index in [9.17, 15) is 4.79 Å². The van der Waals surface area contributed by atoms with E-state index >= 15 is 0 Å². The van der Waals surface area contributed by atoms with Crippen molar-refractivity contribution in [2.75, 3.05) is 13.1 Å². The molecule has 0 aromatic rings. The number of carbonyl (C=O) groups is 1. The Balaban J connectivity index is 1.53. The first kappa shape index (κ1) is 8.72. The van der Waals surface area contributed by atoms with Crippen molar-refractivity contribution < 1.29 is 4.79 Å². The van der Waals surface area contributed by atoms with Crippen molar-refractivity contribution in [2.24, 2.45) is 11.3 Å². The van der Waals surface area contributed by atoms with Crippen molar-refractivity contribution >= 4 is 5.91 Å². The second kappa shape index (κ2) is 2.96. The summed E-state index contributed by atoms with van der Waals surface area (Å²) in [6.45, 7) is 2.27. The quantitative estimate of drug-likeness (QED) is 0.678. The maximum Gasteiger partial charge on any atom is 0.223 e. The van der Waals surface area contributed by atoms with Gasteiger partial charge in [0.2, 0.25) is 5.91 Å². The van der Waals surface area contributed by atoms with E-state index in [2.05, 4.69) is 10.6 Å². The maximum atomic E-state index is 11.6. The molecule has 2 saturated carbocycles. The molecule has 1 atom stereocenters. The Morgan fingerprint density at radius 3 is 2.64 bits per heavy atom. The monoisotopic (exact) mass is 194 g/mol. The molecule has 0 aromatic heterocycles. The normalized spacial score (nSPS) is 34.1. The van der Waals surface area contributed by atoms with E-state index < -0.39 is 0 Å². The van der Waals surface area contributed by atoms with Crippen LogP contribution in [0.2, 0.25) is 0 Å². The number of hydrogen-bond donors (Lipinski definition) is 2. The summed E-state index contributed by atoms with van der Waals surface area (Å²) >= 11 is 0. The van der Waals surface area contributed by atoms with Crippen LogP contribution in [0.4, 0.5) is 0 Å². The fourth-order valence-electron chi connectivity index (χ4n) is 2.66. The van der Waals surface area contributed by atoms with E-state index in [-0.39, 0.29) is 0 Å². The summed E-state index contributed by atoms with van der Waals surface area (Å²) in [5.41, 5.74) is 0.496. The summed E-state index contributed by atoms with van der Waals surface area (Å²) in [7, 11) is 0. The third-order valence-electron chi connectivity index (χ3n) is 4.05. The molecule has 3 heteroatoms. The highest BCUT2D eigenvalue weighted by Crippen LogP contribution is 2.53. The van der Waals surface area contributed by atoms with E-state index in [1.54, 1.807) is 0 Å². The molecule has 1 saturated heterocycles. The second-order valence-electron chi connectivity index (χ2n) is 5.15. The van der Waals surface area contributed by atoms with Crippen LogP contribution in [0.5, 0.6) is 0 Å². The van der Waals surface area contributed by atoms with Crippen LogP contribution < -0.4 is 10.6 Å². The van der Waals surface area contributed by atoms with Crippen LogP contribution in [0.3, 0.4) is 0 Å². The predicted octanol–water partition coefficient (Wildman–Crippen LogP) is 0.655. The Morgan fingerprint density at radius 2 is 2.00 bits per heavy atom. The van der Waals surface area contributed by atoms with Gasteiger partial charge >= 0.3 is 0 Å². The van der Waals surface area contributed by atoms with Gasteiger partial charge in [0.25, 0.3) is 0 Å². The molecular weight excluding hydrogens is 176 g/mol. The topological polar surface area (TPSA) is 41.1 Å². The summed E-state index contributed by atoms with van der Waals surface area (Å²) in [5, 5.41) is 6.59. The Hall–Kier alpha value is -0.570. The smallest absolute Gasteiger partial charge is 0.223 e. The highest BCUT2D eigenvalue weighted by Gasteiger charge is 2.55. The standard InChI is InChI=1S/C11H18N2O/c14-10(8-1-2-8)13-9-7-11(9)3-5-12-6-4-11/h8-9,12H,1-7H2,(H,13,14). The highest BCUT2D eigenvalue weighted by atomic mass is 16.2. The van der Waals surface area contributed by atoms with E-state index in [1.165, 1.54) is 19.3 Å². The van der Waals surface area contributed by atoms with Gasteiger partial charge in [0, 0.05) is 12.0 Å². The first-order chi connectivity index (χ1) is 6.80. The van der Waals surface area contributed by atoms with E-state index in [0.717, 1.165) is 25.9 Å². The van der Waals surface area contributed by atoms with Crippen LogP contribution in [0.15, 0.2) is 0 Å². The number of piperidine rings is 1. The minimum atomic E-state index is 0.324. The van der Waals surface area contributed by atoms with E-state index in [1.807, 2.05) is 0 Å². The molecule has 1 amide bonds. The number of amides is 1. The van der Waals surface area contributed by atoms with Crippen molar-refractivity contribution in [3.8, 4) is 0 Å². The van der Waals surface area contributed by atoms with Crippen molar-refractivity contribution in [1.82, 2.24) is 10.6 Å². The third-order valence-corrected chi connectivity index (χ3v) is 4.05. The zero-order chi connectivity index (χ0) is 9.60. The molecule has 1 spiro atoms. The fraction of sp³-hybridized carbons (Fsp3) is 0.909. The van der Waals surface area contributed by atoms with Crippen LogP contribution in [-0.4, -0.2) is 25.0 Å². The molecule has 2 N–H and O–H groups in total. The molecule has 2 aliphatic carbocycles. The van der Waals surface area contributed by atoms with Crippen LogP contribution in [0.1, 0.15) is 32.1 Å². The van der Waals surface area contributed by atoms with Gasteiger partial charge in [-0.05, 0) is 50.6 Å². The first-order valence-electron chi connectivity index (χ1n) is 5.81. The van der Waals surface area contributed by atoms with Gasteiger partial charge in [0.1, 0.15) is 0 Å². The number of carbonyl (C=O) groups excluding carboxylic acids is 1. The van der Waals surface area contributed by atoms with Crippen LogP contribution in [0.25, 0.3) is 0 Å². The fourth-order valence-corrected chi connectivity index (χ4v) is 2.66. The Kier molecular flexibility index (Phi) is 1.84. The summed E-state index contributed by atoms with van der Waals surface area (Å²) in [5.74, 6) is 0.694. The zero-order valence-corrected chi connectivity index (χ0v) is 8.51. The van der Waals surface area contributed by atoms with Gasteiger partial charge in [0.15, 0.2) is 0 Å². The van der Waals surface area contributed by atoms with Gasteiger partial charge in [-0.3, -0.25) is 4.79 Å². The second-order valence-corrected chi connectivity index (χ2v) is 5.15. The predicted molar refractivity (Wildman–Crippen MR) is 53.8 cm³/mol.